The van der Waals surface area contributed by atoms with Gasteiger partial charge in [0.2, 0.25) is 0 Å². The Morgan fingerprint density at radius 3 is 2.79 bits per heavy atom. The Hall–Kier alpha value is -1.29. The number of aromatic nitrogens is 2. The van der Waals surface area contributed by atoms with Crippen LogP contribution in [0.1, 0.15) is 34.7 Å². The standard InChI is InChI=1S/C10H13N3O/c11-5-10(14)9-6-12-7-3-1-2-4-8(7)13-9/h6H,1-5,11H2. The monoisotopic (exact) mass is 191 g/mol. The van der Waals surface area contributed by atoms with Gasteiger partial charge in [0.25, 0.3) is 0 Å². The van der Waals surface area contributed by atoms with Gasteiger partial charge in [-0.05, 0) is 25.7 Å². The van der Waals surface area contributed by atoms with E-state index in [1.54, 1.807) is 6.20 Å². The molecule has 2 N–H and O–H groups in total. The van der Waals surface area contributed by atoms with Gasteiger partial charge >= 0.3 is 0 Å². The van der Waals surface area contributed by atoms with Crippen molar-refractivity contribution in [2.75, 3.05) is 6.54 Å². The third kappa shape index (κ3) is 1.65. The lowest BCUT2D eigenvalue weighted by Crippen LogP contribution is -2.18. The molecule has 2 rings (SSSR count). The van der Waals surface area contributed by atoms with E-state index in [-0.39, 0.29) is 12.3 Å². The van der Waals surface area contributed by atoms with E-state index in [1.807, 2.05) is 0 Å². The average Bonchev–Trinajstić information content (AvgIpc) is 2.27. The molecule has 0 amide bonds. The molecular formula is C10H13N3O. The molecule has 1 aliphatic rings. The predicted octanol–water partition coefficient (Wildman–Crippen LogP) is 0.497. The van der Waals surface area contributed by atoms with Gasteiger partial charge in [0.15, 0.2) is 5.78 Å². The van der Waals surface area contributed by atoms with Crippen molar-refractivity contribution in [3.63, 3.8) is 0 Å². The van der Waals surface area contributed by atoms with Gasteiger partial charge < -0.3 is 5.73 Å². The molecule has 0 unspecified atom stereocenters. The minimum absolute atomic E-state index is 0.00741. The van der Waals surface area contributed by atoms with Crippen LogP contribution in [0, 0.1) is 0 Å². The highest BCUT2D eigenvalue weighted by molar-refractivity contribution is 5.95. The van der Waals surface area contributed by atoms with Gasteiger partial charge in [-0.3, -0.25) is 9.78 Å². The number of Topliss-reactive ketones (excluding diaryl/α,β-unsaturated/α-hetero) is 1. The lowest BCUT2D eigenvalue weighted by molar-refractivity contribution is 0.0996. The van der Waals surface area contributed by atoms with Crippen LogP contribution in [-0.2, 0) is 12.8 Å². The lowest BCUT2D eigenvalue weighted by Gasteiger charge is -2.13. The van der Waals surface area contributed by atoms with E-state index >= 15 is 0 Å². The largest absolute Gasteiger partial charge is 0.324 e. The summed E-state index contributed by atoms with van der Waals surface area (Å²) < 4.78 is 0. The highest BCUT2D eigenvalue weighted by Gasteiger charge is 2.14. The van der Waals surface area contributed by atoms with Gasteiger partial charge in [-0.1, -0.05) is 0 Å². The molecule has 0 spiro atoms. The number of ketones is 1. The first kappa shape index (κ1) is 9.27. The van der Waals surface area contributed by atoms with Crippen LogP contribution < -0.4 is 5.73 Å². The average molecular weight is 191 g/mol. The molecule has 0 radical (unpaired) electrons. The summed E-state index contributed by atoms with van der Waals surface area (Å²) in [6.07, 6.45) is 5.78. The zero-order chi connectivity index (χ0) is 9.97. The molecule has 1 aromatic heterocycles. The normalized spacial score (nSPS) is 14.9. The molecule has 0 fully saturated rings. The smallest absolute Gasteiger partial charge is 0.196 e. The molecule has 1 heterocycles. The minimum Gasteiger partial charge on any atom is -0.324 e. The first-order valence-electron chi connectivity index (χ1n) is 4.89. The summed E-state index contributed by atoms with van der Waals surface area (Å²) in [5, 5.41) is 0. The van der Waals surface area contributed by atoms with Gasteiger partial charge in [-0.2, -0.15) is 0 Å². The van der Waals surface area contributed by atoms with Crippen LogP contribution in [0.25, 0.3) is 0 Å². The molecule has 0 aromatic carbocycles. The molecule has 0 saturated carbocycles. The summed E-state index contributed by atoms with van der Waals surface area (Å²) in [4.78, 5) is 19.8. The topological polar surface area (TPSA) is 68.9 Å². The van der Waals surface area contributed by atoms with Gasteiger partial charge in [-0.15, -0.1) is 0 Å². The Morgan fingerprint density at radius 2 is 2.07 bits per heavy atom. The fraction of sp³-hybridized carbons (Fsp3) is 0.500. The number of carbonyl (C=O) groups is 1. The molecule has 0 bridgehead atoms. The van der Waals surface area contributed by atoms with E-state index < -0.39 is 0 Å². The van der Waals surface area contributed by atoms with Crippen molar-refractivity contribution in [1.82, 2.24) is 9.97 Å². The molecule has 4 heteroatoms. The SMILES string of the molecule is NCC(=O)c1cnc2c(n1)CCCC2. The van der Waals surface area contributed by atoms with Gasteiger partial charge in [0, 0.05) is 0 Å². The Morgan fingerprint density at radius 1 is 1.36 bits per heavy atom. The number of aryl methyl sites for hydroxylation is 2. The Bertz CT molecular complexity index is 362. The summed E-state index contributed by atoms with van der Waals surface area (Å²) in [7, 11) is 0. The number of rotatable bonds is 2. The molecule has 14 heavy (non-hydrogen) atoms. The van der Waals surface area contributed by atoms with Gasteiger partial charge in [0.05, 0.1) is 24.1 Å². The van der Waals surface area contributed by atoms with Crippen LogP contribution in [0.15, 0.2) is 6.20 Å². The second-order valence-corrected chi connectivity index (χ2v) is 3.48. The third-order valence-corrected chi connectivity index (χ3v) is 2.48. The fourth-order valence-corrected chi connectivity index (χ4v) is 1.69. The maximum atomic E-state index is 11.3. The van der Waals surface area contributed by atoms with Crippen LogP contribution in [0.2, 0.25) is 0 Å². The van der Waals surface area contributed by atoms with Gasteiger partial charge in [0.1, 0.15) is 5.69 Å². The summed E-state index contributed by atoms with van der Waals surface area (Å²) in [6, 6.07) is 0. The van der Waals surface area contributed by atoms with Crippen molar-refractivity contribution in [2.45, 2.75) is 25.7 Å². The number of nitrogens with zero attached hydrogens (tertiary/aromatic N) is 2. The summed E-state index contributed by atoms with van der Waals surface area (Å²) >= 11 is 0. The van der Waals surface area contributed by atoms with E-state index in [9.17, 15) is 4.79 Å². The third-order valence-electron chi connectivity index (χ3n) is 2.48. The quantitative estimate of drug-likeness (QED) is 0.691. The predicted molar refractivity (Wildman–Crippen MR) is 52.1 cm³/mol. The molecule has 4 nitrogen and oxygen atoms in total. The second-order valence-electron chi connectivity index (χ2n) is 3.48. The van der Waals surface area contributed by atoms with Crippen LogP contribution in [-0.4, -0.2) is 22.3 Å². The number of carbonyl (C=O) groups excluding carboxylic acids is 1. The Labute approximate surface area is 82.6 Å². The number of nitrogens with two attached hydrogens (primary N) is 1. The van der Waals surface area contributed by atoms with Gasteiger partial charge in [-0.25, -0.2) is 4.98 Å². The van der Waals surface area contributed by atoms with Crippen molar-refractivity contribution >= 4 is 5.78 Å². The van der Waals surface area contributed by atoms with Crippen LogP contribution in [0.5, 0.6) is 0 Å². The molecular weight excluding hydrogens is 178 g/mol. The fourth-order valence-electron chi connectivity index (χ4n) is 1.69. The minimum atomic E-state index is -0.133. The zero-order valence-electron chi connectivity index (χ0n) is 7.99. The molecule has 74 valence electrons. The van der Waals surface area contributed by atoms with Crippen molar-refractivity contribution in [2.24, 2.45) is 5.73 Å². The van der Waals surface area contributed by atoms with E-state index in [1.165, 1.54) is 6.42 Å². The maximum absolute atomic E-state index is 11.3. The molecule has 1 aromatic rings. The highest BCUT2D eigenvalue weighted by atomic mass is 16.1. The number of hydrogen-bond donors (Lipinski definition) is 1. The Balaban J connectivity index is 2.33. The van der Waals surface area contributed by atoms with Crippen LogP contribution in [0.4, 0.5) is 0 Å². The van der Waals surface area contributed by atoms with Crippen LogP contribution >= 0.6 is 0 Å². The van der Waals surface area contributed by atoms with E-state index in [0.717, 1.165) is 30.7 Å². The van der Waals surface area contributed by atoms with Crippen LogP contribution in [0.3, 0.4) is 0 Å². The lowest BCUT2D eigenvalue weighted by atomic mass is 10.0. The van der Waals surface area contributed by atoms with Crippen molar-refractivity contribution < 1.29 is 4.79 Å². The molecule has 0 saturated heterocycles. The number of hydrogen-bond acceptors (Lipinski definition) is 4. The van der Waals surface area contributed by atoms with Crippen molar-refractivity contribution in [3.05, 3.63) is 23.3 Å². The molecule has 0 aliphatic heterocycles. The highest BCUT2D eigenvalue weighted by Crippen LogP contribution is 2.17. The summed E-state index contributed by atoms with van der Waals surface area (Å²) in [5.41, 5.74) is 7.70. The Kier molecular flexibility index (Phi) is 2.54. The van der Waals surface area contributed by atoms with E-state index in [0.29, 0.717) is 5.69 Å². The summed E-state index contributed by atoms with van der Waals surface area (Å²) in [5.74, 6) is -0.133. The number of fused-ring (bicyclic) bond motifs is 1. The zero-order valence-corrected chi connectivity index (χ0v) is 7.99. The first-order chi connectivity index (χ1) is 6.81. The van der Waals surface area contributed by atoms with E-state index in [4.69, 9.17) is 5.73 Å². The van der Waals surface area contributed by atoms with E-state index in [2.05, 4.69) is 9.97 Å². The van der Waals surface area contributed by atoms with Crippen molar-refractivity contribution in [1.29, 1.82) is 0 Å². The molecule has 1 aliphatic carbocycles. The molecule has 0 atom stereocenters. The maximum Gasteiger partial charge on any atom is 0.196 e. The second kappa shape index (κ2) is 3.84. The van der Waals surface area contributed by atoms with Crippen molar-refractivity contribution in [3.8, 4) is 0 Å². The summed E-state index contributed by atoms with van der Waals surface area (Å²) in [6.45, 7) is 0.00741. The first-order valence-corrected chi connectivity index (χ1v) is 4.89.